The van der Waals surface area contributed by atoms with Gasteiger partial charge in [-0.15, -0.1) is 0 Å². The molecule has 0 aliphatic rings. The van der Waals surface area contributed by atoms with Crippen molar-refractivity contribution in [3.63, 3.8) is 0 Å². The molecule has 1 unspecified atom stereocenters. The third kappa shape index (κ3) is 482. The average molecular weight is 387 g/mol. The molecule has 3 radical (unpaired) electrons. The van der Waals surface area contributed by atoms with Crippen molar-refractivity contribution in [1.29, 1.82) is 0 Å². The van der Waals surface area contributed by atoms with Crippen LogP contribution in [0, 0.1) is 0 Å². The molecule has 0 rings (SSSR count). The molecular weight excluding hydrogens is 357 g/mol. The summed E-state index contributed by atoms with van der Waals surface area (Å²) < 4.78 is 0. The normalized spacial score (nSPS) is 8.31. The molecule has 83 valence electrons. The Morgan fingerprint density at radius 2 is 0.385 bits per heavy atom. The zero-order valence-corrected chi connectivity index (χ0v) is 18.9. The first-order chi connectivity index (χ1) is 5.20. The summed E-state index contributed by atoms with van der Waals surface area (Å²) >= 11 is -1.00. The van der Waals surface area contributed by atoms with Crippen LogP contribution in [0.3, 0.4) is 0 Å². The molecule has 0 nitrogen and oxygen atoms in total. The third-order valence-corrected chi connectivity index (χ3v) is 0. The summed E-state index contributed by atoms with van der Waals surface area (Å²) in [6.07, 6.45) is 0. The minimum atomic E-state index is -0.333. The predicted octanol–water partition coefficient (Wildman–Crippen LogP) is 4.17. The van der Waals surface area contributed by atoms with E-state index in [1.165, 1.54) is 0 Å². The molecule has 0 aromatic carbocycles. The molecule has 13 heavy (non-hydrogen) atoms. The SMILES string of the molecule is P.[CH3][Ge]([CH3])[CH3].[CH3][Ge]([CH3])[CH3].[CH3][Ge]([CH3])[CH3]. The summed E-state index contributed by atoms with van der Waals surface area (Å²) in [4.78, 5) is 0. The molecule has 0 heterocycles. The Morgan fingerprint density at radius 1 is 0.385 bits per heavy atom. The summed E-state index contributed by atoms with van der Waals surface area (Å²) in [6, 6.07) is 0. The number of rotatable bonds is 0. The van der Waals surface area contributed by atoms with E-state index in [9.17, 15) is 0 Å². The Labute approximate surface area is 104 Å². The zero-order valence-electron chi connectivity index (χ0n) is 11.2. The Kier molecular flexibility index (Phi) is 36.7. The predicted molar refractivity (Wildman–Crippen MR) is 81.1 cm³/mol. The van der Waals surface area contributed by atoms with E-state index >= 15 is 0 Å². The summed E-state index contributed by atoms with van der Waals surface area (Å²) in [6.45, 7) is 0. The van der Waals surface area contributed by atoms with Gasteiger partial charge in [0, 0.05) is 0 Å². The third-order valence-electron chi connectivity index (χ3n) is 0. The first-order valence-corrected chi connectivity index (χ1v) is 23.4. The van der Waals surface area contributed by atoms with Gasteiger partial charge in [0.25, 0.3) is 0 Å². The van der Waals surface area contributed by atoms with Crippen LogP contribution < -0.4 is 0 Å². The van der Waals surface area contributed by atoms with Gasteiger partial charge in [-0.3, -0.25) is 0 Å². The van der Waals surface area contributed by atoms with Gasteiger partial charge in [0.15, 0.2) is 0 Å². The molecular formula is C9H30Ge3P. The number of hydrogen-bond donors (Lipinski definition) is 0. The van der Waals surface area contributed by atoms with Crippen molar-refractivity contribution in [3.8, 4) is 0 Å². The standard InChI is InChI=1S/3C3H9Ge.H3P/c3*1-4(2)3;/h3*1-3H3;1H3. The van der Waals surface area contributed by atoms with Gasteiger partial charge in [-0.2, -0.15) is 9.90 Å². The van der Waals surface area contributed by atoms with E-state index in [-0.39, 0.29) is 52.9 Å². The molecule has 1 atom stereocenters. The van der Waals surface area contributed by atoms with Crippen molar-refractivity contribution in [3.05, 3.63) is 0 Å². The fraction of sp³-hybridized carbons (Fsp3) is 1.00. The van der Waals surface area contributed by atoms with Crippen molar-refractivity contribution in [1.82, 2.24) is 0 Å². The zero-order chi connectivity index (χ0) is 10.7. The van der Waals surface area contributed by atoms with Crippen LogP contribution in [0.2, 0.25) is 51.8 Å². The van der Waals surface area contributed by atoms with Crippen LogP contribution in [0.25, 0.3) is 0 Å². The Balaban J connectivity index is -0.0000000450. The topological polar surface area (TPSA) is 0 Å². The van der Waals surface area contributed by atoms with Gasteiger partial charge in [-0.1, -0.05) is 0 Å². The van der Waals surface area contributed by atoms with E-state index < -0.39 is 0 Å². The van der Waals surface area contributed by atoms with Crippen LogP contribution in [0.4, 0.5) is 0 Å². The van der Waals surface area contributed by atoms with Crippen molar-refractivity contribution in [2.24, 2.45) is 0 Å². The van der Waals surface area contributed by atoms with Crippen molar-refractivity contribution in [2.75, 3.05) is 0 Å². The molecule has 0 aromatic rings. The molecule has 0 amide bonds. The van der Waals surface area contributed by atoms with Gasteiger partial charge in [0.1, 0.15) is 0 Å². The molecule has 0 bridgehead atoms. The van der Waals surface area contributed by atoms with Gasteiger partial charge >= 0.3 is 94.9 Å². The second-order valence-corrected chi connectivity index (χ2v) is 23.4. The van der Waals surface area contributed by atoms with E-state index in [4.69, 9.17) is 0 Å². The second kappa shape index (κ2) is 19.6. The van der Waals surface area contributed by atoms with Crippen molar-refractivity contribution < 1.29 is 0 Å². The average Bonchev–Trinajstić information content (AvgIpc) is 1.54. The van der Waals surface area contributed by atoms with Crippen LogP contribution in [0.15, 0.2) is 0 Å². The Bertz CT molecular complexity index is 43.4. The van der Waals surface area contributed by atoms with Gasteiger partial charge in [0.05, 0.1) is 0 Å². The van der Waals surface area contributed by atoms with E-state index in [1.807, 2.05) is 0 Å². The summed E-state index contributed by atoms with van der Waals surface area (Å²) in [5, 5.41) is 0. The maximum absolute atomic E-state index is 2.33. The van der Waals surface area contributed by atoms with Crippen LogP contribution >= 0.6 is 9.90 Å². The van der Waals surface area contributed by atoms with Gasteiger partial charge in [-0.25, -0.2) is 0 Å². The monoisotopic (exact) mass is 391 g/mol. The van der Waals surface area contributed by atoms with Crippen LogP contribution in [0.1, 0.15) is 0 Å². The first-order valence-electron chi connectivity index (χ1n) is 4.50. The molecule has 0 aliphatic carbocycles. The summed E-state index contributed by atoms with van der Waals surface area (Å²) in [5.41, 5.74) is 0. The Morgan fingerprint density at radius 3 is 0.385 bits per heavy atom. The fourth-order valence-electron chi connectivity index (χ4n) is 0. The van der Waals surface area contributed by atoms with E-state index in [0.29, 0.717) is 0 Å². The quantitative estimate of drug-likeness (QED) is 0.433. The Hall–Kier alpha value is 2.06. The molecule has 4 heteroatoms. The maximum atomic E-state index is 2.33. The number of hydrogen-bond acceptors (Lipinski definition) is 0. The fourth-order valence-corrected chi connectivity index (χ4v) is 0. The van der Waals surface area contributed by atoms with Crippen LogP contribution in [-0.2, 0) is 0 Å². The van der Waals surface area contributed by atoms with Gasteiger partial charge in [-0.05, 0) is 0 Å². The summed E-state index contributed by atoms with van der Waals surface area (Å²) in [5.74, 6) is 21.0. The molecule has 0 spiro atoms. The molecule has 0 saturated carbocycles. The molecule has 0 fully saturated rings. The molecule has 0 saturated heterocycles. The van der Waals surface area contributed by atoms with Crippen LogP contribution in [-0.4, -0.2) is 43.0 Å². The van der Waals surface area contributed by atoms with Crippen LogP contribution in [0.5, 0.6) is 0 Å². The minimum absolute atomic E-state index is 0. The molecule has 0 N–H and O–H groups in total. The van der Waals surface area contributed by atoms with E-state index in [0.717, 1.165) is 0 Å². The second-order valence-electron chi connectivity index (χ2n) is 4.50. The molecule has 0 aliphatic heterocycles. The summed E-state index contributed by atoms with van der Waals surface area (Å²) in [7, 11) is 0. The van der Waals surface area contributed by atoms with Crippen molar-refractivity contribution >= 4 is 52.9 Å². The van der Waals surface area contributed by atoms with E-state index in [2.05, 4.69) is 51.8 Å². The van der Waals surface area contributed by atoms with E-state index in [1.54, 1.807) is 0 Å². The first kappa shape index (κ1) is 24.3. The van der Waals surface area contributed by atoms with Gasteiger partial charge < -0.3 is 0 Å². The molecule has 0 aromatic heterocycles. The van der Waals surface area contributed by atoms with Crippen molar-refractivity contribution in [2.45, 2.75) is 51.8 Å². The van der Waals surface area contributed by atoms with Gasteiger partial charge in [0.2, 0.25) is 0 Å².